The molecule has 0 spiro atoms. The van der Waals surface area contributed by atoms with Crippen LogP contribution in [0.25, 0.3) is 0 Å². The molecule has 4 atom stereocenters. The first-order valence-electron chi connectivity index (χ1n) is 23.9. The molecule has 0 unspecified atom stereocenters. The largest absolute Gasteiger partial charge is 0.379 e. The van der Waals surface area contributed by atoms with E-state index in [4.69, 9.17) is 14.2 Å². The zero-order chi connectivity index (χ0) is 48.4. The fourth-order valence-corrected chi connectivity index (χ4v) is 9.11. The molecule has 0 bridgehead atoms. The Balaban J connectivity index is 1.88. The molecule has 374 valence electrons. The Morgan fingerprint density at radius 3 is 1.95 bits per heavy atom. The van der Waals surface area contributed by atoms with Gasteiger partial charge in [0.1, 0.15) is 24.7 Å². The number of hydrogen-bond donors (Lipinski definition) is 6. The summed E-state index contributed by atoms with van der Waals surface area (Å²) in [6, 6.07) is 6.05. The lowest BCUT2D eigenvalue weighted by molar-refractivity contribution is -0.133. The Bertz CT molecular complexity index is 1580. The van der Waals surface area contributed by atoms with Gasteiger partial charge in [-0.1, -0.05) is 77.6 Å². The van der Waals surface area contributed by atoms with Crippen molar-refractivity contribution in [3.8, 4) is 0 Å². The fourth-order valence-electron chi connectivity index (χ4n) is 7.21. The number of aldehydes is 2. The molecule has 6 N–H and O–H groups in total. The van der Waals surface area contributed by atoms with Crippen LogP contribution >= 0.6 is 23.5 Å². The third-order valence-electron chi connectivity index (χ3n) is 11.2. The van der Waals surface area contributed by atoms with Gasteiger partial charge in [0.15, 0.2) is 0 Å². The fraction of sp³-hybridized carbons (Fsp3) is 0.729. The van der Waals surface area contributed by atoms with Crippen LogP contribution in [-0.2, 0) is 59.3 Å². The first-order valence-corrected chi connectivity index (χ1v) is 26.2. The maximum atomic E-state index is 13.9. The van der Waals surface area contributed by atoms with Gasteiger partial charge in [0.25, 0.3) is 0 Å². The molecule has 2 rings (SSSR count). The van der Waals surface area contributed by atoms with Gasteiger partial charge in [-0.2, -0.15) is 23.5 Å². The molecular formula is C48H80N6O10S2. The van der Waals surface area contributed by atoms with Gasteiger partial charge in [-0.15, -0.1) is 0 Å². The van der Waals surface area contributed by atoms with E-state index >= 15 is 0 Å². The molecule has 1 fully saturated rings. The quantitative estimate of drug-likeness (QED) is 0.0404. The standard InChI is InChI=1S/C48H80N6O10S2/c1-6-37(4)44(53-46(60)40(49-5)30-36(2)3)47(61)52-41(45(59)51-21-13-24-63-26-28-64-27-25-62-23-12-20-50-42(57)16-11-22-55)34-66-33-39-15-10-14-38(31-39)32-65-29-17-43(58)54-48(35-56)18-8-7-9-19-48/h10,14-15,22,31,35-37,40-41,44,49H,6-9,11-13,16-21,23-30,32-34H2,1-5H3,(H,50,57)(H,51,59)(H,52,61)(H,53,60)(H,54,58)/t37-,40-,41-,44-/m0/s1. The molecule has 0 aromatic heterocycles. The number of carbonyl (C=O) groups is 7. The summed E-state index contributed by atoms with van der Waals surface area (Å²) < 4.78 is 16.7. The van der Waals surface area contributed by atoms with E-state index in [9.17, 15) is 33.6 Å². The molecule has 1 aromatic carbocycles. The number of benzene rings is 1. The van der Waals surface area contributed by atoms with E-state index in [2.05, 4.69) is 38.0 Å². The maximum Gasteiger partial charge on any atom is 0.243 e. The van der Waals surface area contributed by atoms with Gasteiger partial charge < -0.3 is 55.7 Å². The number of rotatable bonds is 38. The van der Waals surface area contributed by atoms with Gasteiger partial charge in [-0.25, -0.2) is 0 Å². The van der Waals surface area contributed by atoms with Crippen LogP contribution in [0, 0.1) is 11.8 Å². The van der Waals surface area contributed by atoms with E-state index in [1.54, 1.807) is 18.8 Å². The Hall–Kier alpha value is -3.55. The molecule has 18 heteroatoms. The Kier molecular flexibility index (Phi) is 31.6. The van der Waals surface area contributed by atoms with E-state index in [1.165, 1.54) is 11.8 Å². The molecule has 1 saturated carbocycles. The van der Waals surface area contributed by atoms with E-state index in [0.29, 0.717) is 115 Å². The third-order valence-corrected chi connectivity index (χ3v) is 13.4. The van der Waals surface area contributed by atoms with Gasteiger partial charge in [0, 0.05) is 68.6 Å². The number of thioether (sulfide) groups is 2. The summed E-state index contributed by atoms with van der Waals surface area (Å²) in [5, 5.41) is 17.7. The second-order valence-corrected chi connectivity index (χ2v) is 19.5. The van der Waals surface area contributed by atoms with E-state index < -0.39 is 29.6 Å². The summed E-state index contributed by atoms with van der Waals surface area (Å²) in [4.78, 5) is 87.2. The molecule has 0 aliphatic heterocycles. The zero-order valence-corrected chi connectivity index (χ0v) is 41.9. The first kappa shape index (κ1) is 58.6. The highest BCUT2D eigenvalue weighted by atomic mass is 32.2. The summed E-state index contributed by atoms with van der Waals surface area (Å²) in [6.45, 7) is 11.3. The van der Waals surface area contributed by atoms with Crippen LogP contribution in [0.4, 0.5) is 0 Å². The number of hydrogen-bond acceptors (Lipinski definition) is 13. The highest BCUT2D eigenvalue weighted by Gasteiger charge is 2.33. The summed E-state index contributed by atoms with van der Waals surface area (Å²) in [5.74, 6) is 1.14. The smallest absolute Gasteiger partial charge is 0.243 e. The normalized spacial score (nSPS) is 15.2. The van der Waals surface area contributed by atoms with Crippen molar-refractivity contribution in [2.24, 2.45) is 11.8 Å². The van der Waals surface area contributed by atoms with Crippen LogP contribution in [0.2, 0.25) is 0 Å². The van der Waals surface area contributed by atoms with Crippen LogP contribution in [0.5, 0.6) is 0 Å². The highest BCUT2D eigenvalue weighted by molar-refractivity contribution is 7.98. The van der Waals surface area contributed by atoms with Gasteiger partial charge in [-0.3, -0.25) is 24.0 Å². The minimum atomic E-state index is -0.859. The molecule has 1 aromatic rings. The second-order valence-electron chi connectivity index (χ2n) is 17.3. The predicted molar refractivity (Wildman–Crippen MR) is 262 cm³/mol. The van der Waals surface area contributed by atoms with Crippen molar-refractivity contribution in [3.05, 3.63) is 35.4 Å². The molecule has 66 heavy (non-hydrogen) atoms. The number of ether oxygens (including phenoxy) is 3. The van der Waals surface area contributed by atoms with Gasteiger partial charge >= 0.3 is 0 Å². The van der Waals surface area contributed by atoms with Crippen molar-refractivity contribution in [1.29, 1.82) is 0 Å². The van der Waals surface area contributed by atoms with Crippen LogP contribution in [0.15, 0.2) is 24.3 Å². The number of carbonyl (C=O) groups excluding carboxylic acids is 7. The Labute approximate surface area is 402 Å². The summed E-state index contributed by atoms with van der Waals surface area (Å²) >= 11 is 3.20. The van der Waals surface area contributed by atoms with Crippen molar-refractivity contribution < 1.29 is 47.8 Å². The molecular weight excluding hydrogens is 885 g/mol. The lowest BCUT2D eigenvalue weighted by Gasteiger charge is -2.32. The van der Waals surface area contributed by atoms with Crippen molar-refractivity contribution in [1.82, 2.24) is 31.9 Å². The van der Waals surface area contributed by atoms with Crippen molar-refractivity contribution in [2.75, 3.05) is 71.3 Å². The lowest BCUT2D eigenvalue weighted by atomic mass is 9.83. The van der Waals surface area contributed by atoms with Crippen molar-refractivity contribution >= 4 is 65.6 Å². The molecule has 0 saturated heterocycles. The van der Waals surface area contributed by atoms with Crippen LogP contribution < -0.4 is 31.9 Å². The highest BCUT2D eigenvalue weighted by Crippen LogP contribution is 2.27. The monoisotopic (exact) mass is 965 g/mol. The molecule has 5 amide bonds. The van der Waals surface area contributed by atoms with Crippen LogP contribution in [0.3, 0.4) is 0 Å². The van der Waals surface area contributed by atoms with Gasteiger partial charge in [-0.05, 0) is 62.1 Å². The Morgan fingerprint density at radius 1 is 0.742 bits per heavy atom. The first-order chi connectivity index (χ1) is 31.9. The van der Waals surface area contributed by atoms with Crippen LogP contribution in [0.1, 0.15) is 116 Å². The summed E-state index contributed by atoms with van der Waals surface area (Å²) in [6.07, 6.45) is 9.29. The van der Waals surface area contributed by atoms with E-state index in [-0.39, 0.29) is 48.3 Å². The minimum absolute atomic E-state index is 0.0881. The second kappa shape index (κ2) is 35.6. The molecule has 0 heterocycles. The molecule has 1 aliphatic rings. The number of likely N-dealkylation sites (N-methyl/N-ethyl adjacent to an activating group) is 1. The van der Waals surface area contributed by atoms with Gasteiger partial charge in [0.05, 0.1) is 38.0 Å². The Morgan fingerprint density at radius 2 is 1.36 bits per heavy atom. The summed E-state index contributed by atoms with van der Waals surface area (Å²) in [7, 11) is 1.73. The number of amides is 5. The van der Waals surface area contributed by atoms with Crippen molar-refractivity contribution in [3.63, 3.8) is 0 Å². The third kappa shape index (κ3) is 25.5. The average Bonchev–Trinajstić information content (AvgIpc) is 3.31. The molecule has 1 aliphatic carbocycles. The number of nitrogens with one attached hydrogen (secondary N) is 6. The van der Waals surface area contributed by atoms with Crippen molar-refractivity contribution in [2.45, 2.75) is 140 Å². The average molecular weight is 965 g/mol. The van der Waals surface area contributed by atoms with Gasteiger partial charge in [0.2, 0.25) is 29.5 Å². The molecule has 0 radical (unpaired) electrons. The predicted octanol–water partition coefficient (Wildman–Crippen LogP) is 4.25. The topological polar surface area (TPSA) is 219 Å². The lowest BCUT2D eigenvalue weighted by Crippen LogP contribution is -2.58. The zero-order valence-electron chi connectivity index (χ0n) is 40.2. The summed E-state index contributed by atoms with van der Waals surface area (Å²) in [5.41, 5.74) is 1.48. The SMILES string of the molecule is CC[C@H](C)[C@H](NC(=O)[C@H](CC(C)C)NC)C(=O)N[C@@H](CSCc1cccc(CSCCC(=O)NC2(C=O)CCCCC2)c1)C(=O)NCCCOCCOCCOCCCNC(=O)CCC=O. The van der Waals surface area contributed by atoms with E-state index in [1.807, 2.05) is 45.9 Å². The van der Waals surface area contributed by atoms with Crippen LogP contribution in [-0.4, -0.2) is 137 Å². The minimum Gasteiger partial charge on any atom is -0.379 e. The maximum absolute atomic E-state index is 13.9. The molecule has 16 nitrogen and oxygen atoms in total. The van der Waals surface area contributed by atoms with E-state index in [0.717, 1.165) is 48.7 Å².